The summed E-state index contributed by atoms with van der Waals surface area (Å²) in [4.78, 5) is 29.9. The number of fused-ring (bicyclic) bond motifs is 1. The van der Waals surface area contributed by atoms with E-state index in [1.165, 1.54) is 12.1 Å². The number of hydrogen-bond donors (Lipinski definition) is 0. The standard InChI is InChI=1S/C17H19N3O4S/c1-3-24-16(21)14-11(2)18-17-19(8-5-9-25-17)15(14)12-6-4-7-13(10-12)20(22)23/h4,6-7,10,15H,3,5,8-9H2,1-2H3/t15-/m1/s1. The van der Waals surface area contributed by atoms with E-state index in [0.717, 1.165) is 23.9 Å². The van der Waals surface area contributed by atoms with Gasteiger partial charge in [-0.1, -0.05) is 23.9 Å². The van der Waals surface area contributed by atoms with Crippen molar-refractivity contribution in [3.05, 3.63) is 51.2 Å². The molecule has 25 heavy (non-hydrogen) atoms. The van der Waals surface area contributed by atoms with Gasteiger partial charge in [0.2, 0.25) is 0 Å². The van der Waals surface area contributed by atoms with Gasteiger partial charge in [0.05, 0.1) is 28.8 Å². The first kappa shape index (κ1) is 17.5. The summed E-state index contributed by atoms with van der Waals surface area (Å²) in [5, 5.41) is 12.0. The quantitative estimate of drug-likeness (QED) is 0.465. The lowest BCUT2D eigenvalue weighted by Crippen LogP contribution is -2.42. The maximum Gasteiger partial charge on any atom is 0.338 e. The lowest BCUT2D eigenvalue weighted by molar-refractivity contribution is -0.384. The molecular weight excluding hydrogens is 342 g/mol. The van der Waals surface area contributed by atoms with E-state index in [2.05, 4.69) is 4.99 Å². The largest absolute Gasteiger partial charge is 0.463 e. The number of hydrogen-bond acceptors (Lipinski definition) is 7. The van der Waals surface area contributed by atoms with Crippen molar-refractivity contribution in [1.82, 2.24) is 4.90 Å². The number of esters is 1. The van der Waals surface area contributed by atoms with E-state index in [1.54, 1.807) is 31.7 Å². The lowest BCUT2D eigenvalue weighted by Gasteiger charge is -2.40. The maximum atomic E-state index is 12.6. The molecular formula is C17H19N3O4S. The summed E-state index contributed by atoms with van der Waals surface area (Å²) in [7, 11) is 0. The van der Waals surface area contributed by atoms with Crippen LogP contribution in [0.5, 0.6) is 0 Å². The number of non-ortho nitro benzene ring substituents is 1. The number of nitro benzene ring substituents is 1. The van der Waals surface area contributed by atoms with Gasteiger partial charge in [-0.25, -0.2) is 9.79 Å². The van der Waals surface area contributed by atoms with E-state index >= 15 is 0 Å². The predicted octanol–water partition coefficient (Wildman–Crippen LogP) is 3.28. The molecule has 0 aliphatic carbocycles. The predicted molar refractivity (Wildman–Crippen MR) is 96.4 cm³/mol. The molecule has 0 N–H and O–H groups in total. The highest BCUT2D eigenvalue weighted by Crippen LogP contribution is 2.40. The molecule has 132 valence electrons. The third-order valence-electron chi connectivity index (χ3n) is 4.15. The molecule has 0 bridgehead atoms. The fraction of sp³-hybridized carbons (Fsp3) is 0.412. The molecule has 0 radical (unpaired) electrons. The van der Waals surface area contributed by atoms with Crippen molar-refractivity contribution in [2.24, 2.45) is 4.99 Å². The van der Waals surface area contributed by atoms with Crippen LogP contribution in [0.3, 0.4) is 0 Å². The molecule has 1 atom stereocenters. The van der Waals surface area contributed by atoms with Gasteiger partial charge in [0.1, 0.15) is 0 Å². The number of allylic oxidation sites excluding steroid dienone is 1. The van der Waals surface area contributed by atoms with Gasteiger partial charge in [-0.3, -0.25) is 10.1 Å². The van der Waals surface area contributed by atoms with Crippen molar-refractivity contribution in [2.75, 3.05) is 18.9 Å². The summed E-state index contributed by atoms with van der Waals surface area (Å²) in [5.41, 5.74) is 1.77. The number of thioether (sulfide) groups is 1. The van der Waals surface area contributed by atoms with Crippen LogP contribution >= 0.6 is 11.8 Å². The molecule has 2 heterocycles. The molecule has 0 amide bonds. The number of benzene rings is 1. The van der Waals surface area contributed by atoms with E-state index < -0.39 is 16.9 Å². The topological polar surface area (TPSA) is 85.0 Å². The molecule has 0 spiro atoms. The number of aliphatic imine (C=N–C) groups is 1. The molecule has 0 aromatic heterocycles. The first-order valence-corrected chi connectivity index (χ1v) is 9.12. The highest BCUT2D eigenvalue weighted by atomic mass is 32.2. The Morgan fingerprint density at radius 3 is 3.04 bits per heavy atom. The van der Waals surface area contributed by atoms with Gasteiger partial charge in [0.15, 0.2) is 5.17 Å². The summed E-state index contributed by atoms with van der Waals surface area (Å²) >= 11 is 1.64. The smallest absolute Gasteiger partial charge is 0.338 e. The molecule has 3 rings (SSSR count). The number of amidine groups is 1. The van der Waals surface area contributed by atoms with Gasteiger partial charge in [-0.2, -0.15) is 0 Å². The second-order valence-corrected chi connectivity index (χ2v) is 6.83. The molecule has 0 saturated carbocycles. The number of nitro groups is 1. The van der Waals surface area contributed by atoms with Crippen LogP contribution in [-0.4, -0.2) is 39.9 Å². The summed E-state index contributed by atoms with van der Waals surface area (Å²) in [6, 6.07) is 6.02. The highest BCUT2D eigenvalue weighted by Gasteiger charge is 2.38. The SMILES string of the molecule is CCOC(=O)C1=C(C)N=C2SCCCN2[C@@H]1c1cccc([N+](=O)[O-])c1. The highest BCUT2D eigenvalue weighted by molar-refractivity contribution is 8.13. The number of carbonyl (C=O) groups excluding carboxylic acids is 1. The fourth-order valence-corrected chi connectivity index (χ4v) is 4.11. The normalized spacial score (nSPS) is 20.0. The maximum absolute atomic E-state index is 12.6. The molecule has 1 aromatic carbocycles. The van der Waals surface area contributed by atoms with Crippen LogP contribution < -0.4 is 0 Å². The fourth-order valence-electron chi connectivity index (χ4n) is 3.09. The van der Waals surface area contributed by atoms with Crippen molar-refractivity contribution in [3.63, 3.8) is 0 Å². The Hall–Kier alpha value is -2.35. The average Bonchev–Trinajstić information content (AvgIpc) is 2.60. The third-order valence-corrected chi connectivity index (χ3v) is 5.23. The van der Waals surface area contributed by atoms with Crippen molar-refractivity contribution in [2.45, 2.75) is 26.3 Å². The first-order chi connectivity index (χ1) is 12.0. The Bertz CT molecular complexity index is 775. The zero-order chi connectivity index (χ0) is 18.0. The van der Waals surface area contributed by atoms with Crippen LogP contribution in [0.1, 0.15) is 31.9 Å². The molecule has 2 aliphatic heterocycles. The summed E-state index contributed by atoms with van der Waals surface area (Å²) in [6.45, 7) is 4.55. The third kappa shape index (κ3) is 3.39. The summed E-state index contributed by atoms with van der Waals surface area (Å²) in [6.07, 6.45) is 0.963. The van der Waals surface area contributed by atoms with E-state index in [1.807, 2.05) is 11.0 Å². The average molecular weight is 361 g/mol. The number of ether oxygens (including phenoxy) is 1. The Morgan fingerprint density at radius 2 is 2.32 bits per heavy atom. The minimum atomic E-state index is -0.424. The van der Waals surface area contributed by atoms with Crippen molar-refractivity contribution in [3.8, 4) is 0 Å². The second-order valence-electron chi connectivity index (χ2n) is 5.76. The van der Waals surface area contributed by atoms with Crippen LogP contribution in [0.2, 0.25) is 0 Å². The van der Waals surface area contributed by atoms with Crippen LogP contribution in [0.15, 0.2) is 40.5 Å². The van der Waals surface area contributed by atoms with Crippen LogP contribution in [0.25, 0.3) is 0 Å². The Morgan fingerprint density at radius 1 is 1.52 bits per heavy atom. The second kappa shape index (κ2) is 7.26. The molecule has 2 aliphatic rings. The molecule has 1 fully saturated rings. The van der Waals surface area contributed by atoms with Crippen LogP contribution in [-0.2, 0) is 9.53 Å². The summed E-state index contributed by atoms with van der Waals surface area (Å²) < 4.78 is 5.23. The van der Waals surface area contributed by atoms with Crippen LogP contribution in [0.4, 0.5) is 5.69 Å². The number of rotatable bonds is 4. The van der Waals surface area contributed by atoms with Gasteiger partial charge in [-0.15, -0.1) is 0 Å². The summed E-state index contributed by atoms with van der Waals surface area (Å²) in [5.74, 6) is 0.550. The minimum absolute atomic E-state index is 0.00656. The molecule has 1 aromatic rings. The Kier molecular flexibility index (Phi) is 5.08. The molecule has 7 nitrogen and oxygen atoms in total. The van der Waals surface area contributed by atoms with E-state index in [0.29, 0.717) is 16.8 Å². The zero-order valence-electron chi connectivity index (χ0n) is 14.1. The van der Waals surface area contributed by atoms with Crippen LogP contribution in [0, 0.1) is 10.1 Å². The Labute approximate surface area is 149 Å². The van der Waals surface area contributed by atoms with Crippen molar-refractivity contribution >= 4 is 28.6 Å². The Balaban J connectivity index is 2.11. The first-order valence-electron chi connectivity index (χ1n) is 8.13. The van der Waals surface area contributed by atoms with E-state index in [4.69, 9.17) is 4.74 Å². The van der Waals surface area contributed by atoms with Gasteiger partial charge < -0.3 is 9.64 Å². The van der Waals surface area contributed by atoms with Crippen molar-refractivity contribution < 1.29 is 14.5 Å². The van der Waals surface area contributed by atoms with E-state index in [9.17, 15) is 14.9 Å². The van der Waals surface area contributed by atoms with Gasteiger partial charge in [-0.05, 0) is 25.8 Å². The number of carbonyl (C=O) groups is 1. The van der Waals surface area contributed by atoms with Crippen molar-refractivity contribution in [1.29, 1.82) is 0 Å². The van der Waals surface area contributed by atoms with Gasteiger partial charge >= 0.3 is 5.97 Å². The zero-order valence-corrected chi connectivity index (χ0v) is 14.9. The monoisotopic (exact) mass is 361 g/mol. The van der Waals surface area contributed by atoms with Gasteiger partial charge in [0, 0.05) is 24.4 Å². The molecule has 1 saturated heterocycles. The lowest BCUT2D eigenvalue weighted by atomic mass is 9.94. The van der Waals surface area contributed by atoms with Gasteiger partial charge in [0.25, 0.3) is 5.69 Å². The molecule has 8 heteroatoms. The van der Waals surface area contributed by atoms with E-state index in [-0.39, 0.29) is 12.3 Å². The molecule has 0 unspecified atom stereocenters. The number of nitrogens with zero attached hydrogens (tertiary/aromatic N) is 3. The minimum Gasteiger partial charge on any atom is -0.463 e.